The molecule has 592 valence electrons. The number of fused-ring (bicyclic) bond motifs is 14. The lowest BCUT2D eigenvalue weighted by atomic mass is 9.78. The molecule has 37 heteroatoms. The summed E-state index contributed by atoms with van der Waals surface area (Å²) in [5.74, 6) is -25.6. The number of nitrogens with two attached hydrogens (primary N) is 1. The summed E-state index contributed by atoms with van der Waals surface area (Å²) in [4.78, 5) is 177. The summed E-state index contributed by atoms with van der Waals surface area (Å²) in [5.41, 5.74) is 4.35. The largest absolute Gasteiger partial charge is 0.507 e. The molecule has 107 heavy (non-hydrogen) atoms. The highest BCUT2D eigenvalue weighted by Gasteiger charge is 2.50. The number of hydrogen-bond donors (Lipinski definition) is 19. The highest BCUT2D eigenvalue weighted by atomic mass is 16.7. The van der Waals surface area contributed by atoms with Gasteiger partial charge in [-0.3, -0.25) is 62.3 Å². The van der Waals surface area contributed by atoms with Gasteiger partial charge in [0.1, 0.15) is 59.7 Å². The number of esters is 1. The minimum atomic E-state index is -2.55. The maximum absolute atomic E-state index is 14.9. The number of ketones is 2. The first kappa shape index (κ1) is 87.7. The topological polar surface area (TPSA) is 584 Å². The van der Waals surface area contributed by atoms with Crippen molar-refractivity contribution in [3.05, 3.63) is 53.3 Å². The molecule has 10 amide bonds. The maximum atomic E-state index is 14.9. The standard InChI is InChI=1S/C70H100N10O27/c1-27(2)38-20-42(84)41(25-81)78-66(99)40(76-46(86)24-74-67(100)43(85)23-73-68(101)51(36(11)82)79-69(102)52(80-65(38)98)57(92)58(93)62(71)95)22-72-64(97)30(5)35(10)75-47(87)26-104-45-21-39-56(91)49-48(45)50-60(34(9)55(49)90)107-70(13,61(50)94)105-19-18-44(103-14)31(6)59(106-37(12)83)33(8)54(89)32(7)53(88)28(3)16-15-17-29(4)63(96)77-39/h15-19,21,27-28,30-33,35-36,38,40-41,43-44,51-54,57-59,81-82,85,88-93H,20,22-26H2,1-14H3,(H2,71,95)(H,72,97)(H,73,101)(H,74,100)(H,75,87)(H,76,86)(H,77,96)(H,78,99)(H,79,102)(H,80,98)/b16-15+,19-18+,29-17-/t28-,30?,31+,32+,33+,35?,36?,38?,40?,41?,43?,44-,51?,52?,53-,54+,57?,58?,59+,70-/m0/s1. The van der Waals surface area contributed by atoms with Gasteiger partial charge in [-0.1, -0.05) is 66.7 Å². The summed E-state index contributed by atoms with van der Waals surface area (Å²) < 4.78 is 29.9. The number of Topliss-reactive ketones (excluding diaryl/α,β-unsaturated/α-hetero) is 2. The number of phenols is 2. The fraction of sp³-hybridized carbons (Fsp3) is 0.586. The number of phenolic OH excluding ortho intramolecular Hbond substituents is 2. The Hall–Kier alpha value is -9.89. The average molecular weight is 1510 g/mol. The van der Waals surface area contributed by atoms with Crippen molar-refractivity contribution in [2.75, 3.05) is 45.3 Å². The van der Waals surface area contributed by atoms with Crippen molar-refractivity contribution in [3.8, 4) is 23.0 Å². The van der Waals surface area contributed by atoms with Crippen LogP contribution in [0.15, 0.2) is 42.2 Å². The summed E-state index contributed by atoms with van der Waals surface area (Å²) in [6.45, 7) is 13.5. The molecule has 6 rings (SSSR count). The Morgan fingerprint density at radius 3 is 2.02 bits per heavy atom. The van der Waals surface area contributed by atoms with E-state index in [0.717, 1.165) is 19.3 Å². The molecule has 4 aliphatic heterocycles. The van der Waals surface area contributed by atoms with Crippen molar-refractivity contribution in [1.29, 1.82) is 0 Å². The zero-order valence-corrected chi connectivity index (χ0v) is 61.7. The van der Waals surface area contributed by atoms with Crippen molar-refractivity contribution < 1.29 is 132 Å². The first-order chi connectivity index (χ1) is 49.9. The number of allylic oxidation sites excluding steroid dienone is 2. The fourth-order valence-corrected chi connectivity index (χ4v) is 12.1. The highest BCUT2D eigenvalue weighted by Crippen LogP contribution is 2.54. The number of benzene rings is 2. The van der Waals surface area contributed by atoms with Gasteiger partial charge in [-0.15, -0.1) is 0 Å². The molecule has 0 aromatic heterocycles. The first-order valence-electron chi connectivity index (χ1n) is 34.4. The van der Waals surface area contributed by atoms with Gasteiger partial charge >= 0.3 is 11.8 Å². The molecule has 0 radical (unpaired) electrons. The molecule has 1 fully saturated rings. The Kier molecular flexibility index (Phi) is 31.2. The van der Waals surface area contributed by atoms with Crippen LogP contribution in [0, 0.1) is 48.3 Å². The number of β-amino-alcohol motifs (C(OH)–C–C–N with tert-alkyl or cyclic N) is 1. The van der Waals surface area contributed by atoms with E-state index in [0.29, 0.717) is 0 Å². The van der Waals surface area contributed by atoms with E-state index in [4.69, 9.17) is 29.4 Å². The Morgan fingerprint density at radius 1 is 0.776 bits per heavy atom. The second kappa shape index (κ2) is 38.1. The molecule has 5 bridgehead atoms. The van der Waals surface area contributed by atoms with E-state index in [1.165, 1.54) is 80.7 Å². The van der Waals surface area contributed by atoms with Gasteiger partial charge in [0, 0.05) is 92.1 Å². The number of aliphatic hydroxyl groups is 7. The molecule has 0 aliphatic carbocycles. The Bertz CT molecular complexity index is 3790. The summed E-state index contributed by atoms with van der Waals surface area (Å²) >= 11 is 0. The molecule has 0 spiro atoms. The molecule has 20 N–H and O–H groups in total. The SMILES string of the molecule is CO[C@H]1/C=C/O[C@@]2(C)Oc3c(C)c(O)c4c(O)c(cc(OCC(=O)NC(C)C(C)C(=O)NCC5NC(=O)CNC(=O)C(O)CNC(=O)C(C(C)O)NC(=O)C(C(O)C(O)C(N)=O)NC(=O)C(C(C)C)CC(=O)C(CO)NC5=O)c4c3C2=O)NC(=O)/C(C)=C\C=C\[C@H](C)[C@H](O)[C@@H](C)[C@@H](O)[C@@H](C)[C@H](OC(C)=O)[C@@H]1C. The highest BCUT2D eigenvalue weighted by molar-refractivity contribution is 6.21. The van der Waals surface area contributed by atoms with Gasteiger partial charge in [0.05, 0.1) is 72.9 Å². The van der Waals surface area contributed by atoms with E-state index in [-0.39, 0.29) is 27.8 Å². The van der Waals surface area contributed by atoms with Crippen LogP contribution in [-0.4, -0.2) is 247 Å². The summed E-state index contributed by atoms with van der Waals surface area (Å²) in [6.07, 6.45) is -7.32. The van der Waals surface area contributed by atoms with Gasteiger partial charge in [0.25, 0.3) is 23.5 Å². The number of ether oxygens (including phenoxy) is 5. The van der Waals surface area contributed by atoms with Gasteiger partial charge < -0.3 is 123 Å². The average Bonchev–Trinajstić information content (AvgIpc) is 1.60. The zero-order valence-electron chi connectivity index (χ0n) is 61.7. The van der Waals surface area contributed by atoms with Crippen LogP contribution < -0.4 is 63.1 Å². The lowest BCUT2D eigenvalue weighted by Gasteiger charge is -2.38. The number of aliphatic hydroxyl groups excluding tert-OH is 7. The number of amides is 10. The van der Waals surface area contributed by atoms with Crippen molar-refractivity contribution in [3.63, 3.8) is 0 Å². The van der Waals surface area contributed by atoms with Gasteiger partial charge in [0.2, 0.25) is 41.4 Å². The van der Waals surface area contributed by atoms with Crippen molar-refractivity contribution >= 4 is 93.1 Å². The summed E-state index contributed by atoms with van der Waals surface area (Å²) in [5, 5.41) is 120. The number of primary amides is 1. The Balaban J connectivity index is 1.46. The van der Waals surface area contributed by atoms with Gasteiger partial charge in [-0.25, -0.2) is 0 Å². The summed E-state index contributed by atoms with van der Waals surface area (Å²) in [6, 6.07) is -8.22. The van der Waals surface area contributed by atoms with Gasteiger partial charge in [0.15, 0.2) is 24.2 Å². The number of carbonyl (C=O) groups is 13. The lowest BCUT2D eigenvalue weighted by molar-refractivity contribution is -0.160. The van der Waals surface area contributed by atoms with Crippen LogP contribution in [0.2, 0.25) is 0 Å². The van der Waals surface area contributed by atoms with Crippen molar-refractivity contribution in [2.24, 2.45) is 47.2 Å². The minimum absolute atomic E-state index is 0.0313. The number of rotatable bonds is 16. The second-order valence-electron chi connectivity index (χ2n) is 27.5. The molecule has 2 aromatic rings. The number of carbonyl (C=O) groups excluding carboxylic acids is 13. The molecule has 11 unspecified atom stereocenters. The lowest BCUT2D eigenvalue weighted by Crippen LogP contribution is -2.63. The molecule has 4 heterocycles. The quantitative estimate of drug-likeness (QED) is 0.0563. The third-order valence-electron chi connectivity index (χ3n) is 19.1. The summed E-state index contributed by atoms with van der Waals surface area (Å²) in [7, 11) is 1.36. The molecular formula is C70H100N10O27. The van der Waals surface area contributed by atoms with Crippen LogP contribution in [0.25, 0.3) is 10.8 Å². The van der Waals surface area contributed by atoms with E-state index in [1.54, 1.807) is 33.8 Å². The normalized spacial score (nSPS) is 29.8. The van der Waals surface area contributed by atoms with Crippen LogP contribution in [0.1, 0.15) is 105 Å². The van der Waals surface area contributed by atoms with Crippen LogP contribution in [-0.2, 0) is 71.7 Å². The fourth-order valence-electron chi connectivity index (χ4n) is 12.1. The number of nitrogens with one attached hydrogen (secondary N) is 9. The van der Waals surface area contributed by atoms with E-state index in [1.807, 2.05) is 5.32 Å². The zero-order chi connectivity index (χ0) is 80.7. The number of anilines is 1. The predicted molar refractivity (Wildman–Crippen MR) is 375 cm³/mol. The molecule has 37 nitrogen and oxygen atoms in total. The molecule has 20 atom stereocenters. The van der Waals surface area contributed by atoms with E-state index < -0.39 is 270 Å². The molecule has 0 saturated carbocycles. The number of aromatic hydroxyl groups is 2. The van der Waals surface area contributed by atoms with Crippen molar-refractivity contribution in [1.82, 2.24) is 42.5 Å². The van der Waals surface area contributed by atoms with Crippen molar-refractivity contribution in [2.45, 2.75) is 181 Å². The van der Waals surface area contributed by atoms with Crippen LogP contribution >= 0.6 is 0 Å². The predicted octanol–water partition coefficient (Wildman–Crippen LogP) is -3.96. The second-order valence-corrected chi connectivity index (χ2v) is 27.5. The van der Waals surface area contributed by atoms with Crippen LogP contribution in [0.3, 0.4) is 0 Å². The van der Waals surface area contributed by atoms with E-state index in [9.17, 15) is 108 Å². The molecule has 1 saturated heterocycles. The smallest absolute Gasteiger partial charge is 0.312 e. The minimum Gasteiger partial charge on any atom is -0.507 e. The van der Waals surface area contributed by atoms with E-state index in [2.05, 4.69) is 42.5 Å². The monoisotopic (exact) mass is 1510 g/mol. The van der Waals surface area contributed by atoms with E-state index >= 15 is 0 Å². The Morgan fingerprint density at radius 2 is 1.42 bits per heavy atom. The van der Waals surface area contributed by atoms with Gasteiger partial charge in [-0.2, -0.15) is 0 Å². The Labute approximate surface area is 615 Å². The number of methoxy groups -OCH3 is 1. The third kappa shape index (κ3) is 21.7. The maximum Gasteiger partial charge on any atom is 0.312 e. The van der Waals surface area contributed by atoms with Crippen LogP contribution in [0.4, 0.5) is 5.69 Å². The van der Waals surface area contributed by atoms with Crippen LogP contribution in [0.5, 0.6) is 23.0 Å². The molecular weight excluding hydrogens is 1410 g/mol. The molecule has 2 aromatic carbocycles. The van der Waals surface area contributed by atoms with Gasteiger partial charge in [-0.05, 0) is 39.7 Å². The third-order valence-corrected chi connectivity index (χ3v) is 19.1. The number of hydrogen-bond acceptors (Lipinski definition) is 27. The first-order valence-corrected chi connectivity index (χ1v) is 34.4. The molecule has 4 aliphatic rings.